The molecule has 1 N–H and O–H groups in total. The number of hydrogen-bond acceptors (Lipinski definition) is 4. The van der Waals surface area contributed by atoms with Crippen LogP contribution in [-0.2, 0) is 9.53 Å². The lowest BCUT2D eigenvalue weighted by Gasteiger charge is -2.14. The number of carbonyl (C=O) groups is 1. The second-order valence-electron chi connectivity index (χ2n) is 4.22. The van der Waals surface area contributed by atoms with Crippen molar-refractivity contribution in [1.82, 2.24) is 5.43 Å². The van der Waals surface area contributed by atoms with Gasteiger partial charge < -0.3 is 4.74 Å². The molecule has 0 amide bonds. The second kappa shape index (κ2) is 3.49. The lowest BCUT2D eigenvalue weighted by atomic mass is 10.2. The maximum atomic E-state index is 11.1. The maximum Gasteiger partial charge on any atom is 0.330 e. The Morgan fingerprint density at radius 2 is 2.23 bits per heavy atom. The second-order valence-corrected chi connectivity index (χ2v) is 9.29. The highest BCUT2D eigenvalue weighted by Crippen LogP contribution is 2.14. The fraction of sp³-hybridized carbons (Fsp3) is 0.750. The van der Waals surface area contributed by atoms with E-state index in [0.29, 0.717) is 6.42 Å². The van der Waals surface area contributed by atoms with E-state index in [1.54, 1.807) is 0 Å². The highest BCUT2D eigenvalue weighted by Gasteiger charge is 2.32. The van der Waals surface area contributed by atoms with Gasteiger partial charge in [0.25, 0.3) is 0 Å². The maximum absolute atomic E-state index is 11.1. The molecule has 1 aliphatic rings. The first-order chi connectivity index (χ1) is 5.95. The Balaban J connectivity index is 2.57. The molecule has 74 valence electrons. The Bertz CT molecular complexity index is 245. The zero-order valence-electron chi connectivity index (χ0n) is 8.55. The van der Waals surface area contributed by atoms with Crippen molar-refractivity contribution in [3.8, 4) is 0 Å². The highest BCUT2D eigenvalue weighted by atomic mass is 28.3. The zero-order chi connectivity index (χ0) is 10.1. The summed E-state index contributed by atoms with van der Waals surface area (Å²) in [7, 11) is 0.0545. The van der Waals surface area contributed by atoms with E-state index < -0.39 is 8.07 Å². The smallest absolute Gasteiger partial charge is 0.330 e. The van der Waals surface area contributed by atoms with E-state index in [1.165, 1.54) is 7.11 Å². The quantitative estimate of drug-likeness (QED) is 0.529. The van der Waals surface area contributed by atoms with Crippen LogP contribution in [0.4, 0.5) is 0 Å². The summed E-state index contributed by atoms with van der Waals surface area (Å²) in [5, 5.41) is 5.34. The monoisotopic (exact) mass is 200 g/mol. The van der Waals surface area contributed by atoms with Gasteiger partial charge in [-0.3, -0.25) is 5.43 Å². The number of nitrogens with one attached hydrogen (secondary N) is 1. The molecular formula is C8H16N2O2Si. The molecule has 0 saturated heterocycles. The van der Waals surface area contributed by atoms with Crippen LogP contribution >= 0.6 is 0 Å². The van der Waals surface area contributed by atoms with Gasteiger partial charge in [0.1, 0.15) is 6.04 Å². The van der Waals surface area contributed by atoms with Crippen LogP contribution < -0.4 is 5.43 Å². The van der Waals surface area contributed by atoms with Gasteiger partial charge in [-0.1, -0.05) is 19.6 Å². The highest BCUT2D eigenvalue weighted by molar-refractivity contribution is 7.04. The normalized spacial score (nSPS) is 22.2. The Labute approximate surface area is 79.4 Å². The van der Waals surface area contributed by atoms with Gasteiger partial charge >= 0.3 is 5.97 Å². The van der Waals surface area contributed by atoms with Gasteiger partial charge in [0.15, 0.2) is 0 Å². The summed E-state index contributed by atoms with van der Waals surface area (Å²) >= 11 is 0. The van der Waals surface area contributed by atoms with Gasteiger partial charge in [0.2, 0.25) is 0 Å². The fourth-order valence-corrected chi connectivity index (χ4v) is 2.41. The Morgan fingerprint density at radius 3 is 2.62 bits per heavy atom. The topological polar surface area (TPSA) is 50.7 Å². The van der Waals surface area contributed by atoms with Crippen LogP contribution in [-0.4, -0.2) is 32.5 Å². The summed E-state index contributed by atoms with van der Waals surface area (Å²) in [6, 6.07) is -0.258. The van der Waals surface area contributed by atoms with Crippen molar-refractivity contribution in [3.63, 3.8) is 0 Å². The Morgan fingerprint density at radius 1 is 1.62 bits per heavy atom. The van der Waals surface area contributed by atoms with Gasteiger partial charge in [0.05, 0.1) is 15.2 Å². The van der Waals surface area contributed by atoms with Crippen molar-refractivity contribution in [1.29, 1.82) is 0 Å². The average molecular weight is 200 g/mol. The van der Waals surface area contributed by atoms with E-state index in [0.717, 1.165) is 5.33 Å². The molecule has 0 aromatic carbocycles. The van der Waals surface area contributed by atoms with Gasteiger partial charge in [-0.25, -0.2) is 4.79 Å². The van der Waals surface area contributed by atoms with Gasteiger partial charge in [-0.05, 0) is 0 Å². The fourth-order valence-electron chi connectivity index (χ4n) is 1.19. The van der Waals surface area contributed by atoms with Crippen molar-refractivity contribution < 1.29 is 9.53 Å². The third-order valence-corrected chi connectivity index (χ3v) is 4.15. The first-order valence-corrected chi connectivity index (χ1v) is 7.85. The van der Waals surface area contributed by atoms with Crippen molar-refractivity contribution in [2.45, 2.75) is 32.1 Å². The predicted molar refractivity (Wildman–Crippen MR) is 54.3 cm³/mol. The number of hydrogen-bond donors (Lipinski definition) is 1. The first kappa shape index (κ1) is 10.2. The molecule has 13 heavy (non-hydrogen) atoms. The van der Waals surface area contributed by atoms with Crippen molar-refractivity contribution in [2.24, 2.45) is 5.10 Å². The van der Waals surface area contributed by atoms with E-state index in [4.69, 9.17) is 0 Å². The number of hydrazone groups is 1. The van der Waals surface area contributed by atoms with E-state index in [1.807, 2.05) is 0 Å². The van der Waals surface area contributed by atoms with Crippen LogP contribution in [0.3, 0.4) is 0 Å². The number of carbonyl (C=O) groups excluding carboxylic acids is 1. The minimum absolute atomic E-state index is 0.225. The molecule has 0 aromatic rings. The average Bonchev–Trinajstić information content (AvgIpc) is 2.50. The molecule has 4 nitrogen and oxygen atoms in total. The van der Waals surface area contributed by atoms with Crippen LogP contribution in [0.2, 0.25) is 19.6 Å². The molecule has 0 spiro atoms. The minimum Gasteiger partial charge on any atom is -0.467 e. The summed E-state index contributed by atoms with van der Waals surface area (Å²) in [6.45, 7) is 6.65. The van der Waals surface area contributed by atoms with Crippen LogP contribution in [0.25, 0.3) is 0 Å². The third-order valence-electron chi connectivity index (χ3n) is 2.10. The molecule has 1 unspecified atom stereocenters. The SMILES string of the molecule is COC(=O)C1CC([Si](C)(C)C)=NN1. The van der Waals surface area contributed by atoms with Crippen molar-refractivity contribution in [3.05, 3.63) is 0 Å². The predicted octanol–water partition coefficient (Wildman–Crippen LogP) is 0.755. The molecule has 1 aliphatic heterocycles. The Hall–Kier alpha value is -0.843. The molecule has 0 bridgehead atoms. The van der Waals surface area contributed by atoms with Crippen LogP contribution in [0.1, 0.15) is 6.42 Å². The lowest BCUT2D eigenvalue weighted by Crippen LogP contribution is -2.35. The summed E-state index contributed by atoms with van der Waals surface area (Å²) in [4.78, 5) is 11.1. The standard InChI is InChI=1S/C8H16N2O2Si/c1-12-8(11)6-5-7(10-9-6)13(2,3)4/h6,9H,5H2,1-4H3. The zero-order valence-corrected chi connectivity index (χ0v) is 9.55. The number of rotatable bonds is 2. The summed E-state index contributed by atoms with van der Waals surface area (Å²) in [5.74, 6) is -0.225. The van der Waals surface area contributed by atoms with E-state index >= 15 is 0 Å². The number of ether oxygens (including phenoxy) is 1. The molecule has 0 fully saturated rings. The van der Waals surface area contributed by atoms with E-state index in [9.17, 15) is 4.79 Å². The minimum atomic E-state index is -1.34. The lowest BCUT2D eigenvalue weighted by molar-refractivity contribution is -0.142. The molecule has 5 heteroatoms. The summed E-state index contributed by atoms with van der Waals surface area (Å²) in [5.41, 5.74) is 2.81. The molecule has 0 radical (unpaired) electrons. The van der Waals surface area contributed by atoms with E-state index in [2.05, 4.69) is 34.9 Å². The number of methoxy groups -OCH3 is 1. The van der Waals surface area contributed by atoms with Gasteiger partial charge in [-0.15, -0.1) is 0 Å². The van der Waals surface area contributed by atoms with Crippen molar-refractivity contribution in [2.75, 3.05) is 7.11 Å². The van der Waals surface area contributed by atoms with Gasteiger partial charge in [-0.2, -0.15) is 5.10 Å². The summed E-state index contributed by atoms with van der Waals surface area (Å²) in [6.07, 6.45) is 0.711. The third kappa shape index (κ3) is 2.30. The van der Waals surface area contributed by atoms with Crippen LogP contribution in [0.15, 0.2) is 5.10 Å². The molecular weight excluding hydrogens is 184 g/mol. The molecule has 1 atom stereocenters. The first-order valence-electron chi connectivity index (χ1n) is 4.35. The van der Waals surface area contributed by atoms with Crippen LogP contribution in [0, 0.1) is 0 Å². The number of esters is 1. The molecule has 0 aromatic heterocycles. The largest absolute Gasteiger partial charge is 0.467 e. The van der Waals surface area contributed by atoms with Crippen LogP contribution in [0.5, 0.6) is 0 Å². The van der Waals surface area contributed by atoms with Gasteiger partial charge in [0, 0.05) is 11.8 Å². The van der Waals surface area contributed by atoms with E-state index in [-0.39, 0.29) is 12.0 Å². The molecule has 1 rings (SSSR count). The van der Waals surface area contributed by atoms with Crippen molar-refractivity contribution >= 4 is 19.4 Å². The molecule has 0 aliphatic carbocycles. The number of nitrogens with zero attached hydrogens (tertiary/aromatic N) is 1. The Kier molecular flexibility index (Phi) is 2.75. The summed E-state index contributed by atoms with van der Waals surface area (Å²) < 4.78 is 4.64. The molecule has 0 saturated carbocycles. The molecule has 1 heterocycles.